The third-order valence-corrected chi connectivity index (χ3v) is 13.0. The van der Waals surface area contributed by atoms with Crippen LogP contribution in [-0.2, 0) is 33.7 Å². The van der Waals surface area contributed by atoms with Crippen molar-refractivity contribution in [3.8, 4) is 0 Å². The number of alkyl halides is 4. The van der Waals surface area contributed by atoms with Crippen molar-refractivity contribution < 1.29 is 32.5 Å². The van der Waals surface area contributed by atoms with Crippen LogP contribution >= 0.6 is 23.4 Å². The van der Waals surface area contributed by atoms with Crippen LogP contribution < -0.4 is 10.9 Å². The minimum Gasteiger partial charge on any atom is -0.481 e. The van der Waals surface area contributed by atoms with Crippen molar-refractivity contribution in [2.24, 2.45) is 17.8 Å². The van der Waals surface area contributed by atoms with Gasteiger partial charge in [-0.05, 0) is 83.5 Å². The summed E-state index contributed by atoms with van der Waals surface area (Å²) in [5.41, 5.74) is 1.48. The maximum atomic E-state index is 13.8. The Morgan fingerprint density at radius 3 is 2.63 bits per heavy atom. The predicted molar refractivity (Wildman–Crippen MR) is 169 cm³/mol. The average Bonchev–Trinajstić information content (AvgIpc) is 3.43. The number of aliphatic carboxylic acids is 1. The van der Waals surface area contributed by atoms with Crippen LogP contribution in [0.4, 0.5) is 13.2 Å². The van der Waals surface area contributed by atoms with Crippen LogP contribution in [0.5, 0.6) is 0 Å². The zero-order valence-electron chi connectivity index (χ0n) is 26.5. The summed E-state index contributed by atoms with van der Waals surface area (Å²) >= 11 is 8.48. The third-order valence-electron chi connectivity index (χ3n) is 11.1. The molecule has 9 atom stereocenters. The number of hydrogen-bond acceptors (Lipinski definition) is 8. The van der Waals surface area contributed by atoms with Crippen molar-refractivity contribution in [1.82, 2.24) is 19.8 Å². The smallest absolute Gasteiger partial charge is 0.481 e. The molecule has 2 aliphatic carbocycles. The summed E-state index contributed by atoms with van der Waals surface area (Å²) in [7, 11) is 0. The van der Waals surface area contributed by atoms with Crippen LogP contribution in [0.1, 0.15) is 69.0 Å². The molecule has 0 amide bonds. The van der Waals surface area contributed by atoms with Gasteiger partial charge in [-0.2, -0.15) is 11.8 Å². The number of carboxylic acid groups (broad SMARTS) is 1. The van der Waals surface area contributed by atoms with Gasteiger partial charge in [0.15, 0.2) is 0 Å². The summed E-state index contributed by atoms with van der Waals surface area (Å²) < 4.78 is 50.5. The van der Waals surface area contributed by atoms with Crippen molar-refractivity contribution >= 4 is 29.3 Å². The second-order valence-electron chi connectivity index (χ2n) is 14.0. The molecule has 1 saturated carbocycles. The molecule has 0 aromatic carbocycles. The highest BCUT2D eigenvalue weighted by atomic mass is 35.5. The molecule has 8 unspecified atom stereocenters. The quantitative estimate of drug-likeness (QED) is 0.385. The van der Waals surface area contributed by atoms with Gasteiger partial charge in [-0.25, -0.2) is 4.98 Å². The molecule has 0 bridgehead atoms. The molecule has 46 heavy (non-hydrogen) atoms. The molecular weight excluding hydrogens is 645 g/mol. The second-order valence-corrected chi connectivity index (χ2v) is 15.8. The number of likely N-dealkylation sites (tertiary alicyclic amines) is 1. The number of aromatic nitrogens is 2. The number of aryl methyl sites for hydroxylation is 2. The van der Waals surface area contributed by atoms with E-state index in [9.17, 15) is 27.9 Å². The molecule has 0 spiro atoms. The molecule has 258 valence electrons. The Bertz CT molecular complexity index is 1310. The van der Waals surface area contributed by atoms with Gasteiger partial charge in [-0.3, -0.25) is 23.8 Å². The summed E-state index contributed by atoms with van der Waals surface area (Å²) in [4.78, 5) is 32.8. The van der Waals surface area contributed by atoms with Crippen LogP contribution in [0.3, 0.4) is 0 Å². The van der Waals surface area contributed by atoms with Crippen LogP contribution in [0.2, 0.25) is 0 Å². The molecule has 6 rings (SSSR count). The second kappa shape index (κ2) is 14.2. The molecule has 4 heterocycles. The van der Waals surface area contributed by atoms with Gasteiger partial charge in [0.1, 0.15) is 5.82 Å². The lowest BCUT2D eigenvalue weighted by Gasteiger charge is -2.47. The number of ether oxygens (including phenoxy) is 2. The molecule has 2 N–H and O–H groups in total. The van der Waals surface area contributed by atoms with E-state index in [4.69, 9.17) is 21.3 Å². The fourth-order valence-electron chi connectivity index (χ4n) is 8.84. The summed E-state index contributed by atoms with van der Waals surface area (Å²) in [5, 5.41) is 13.7. The van der Waals surface area contributed by atoms with E-state index in [0.717, 1.165) is 37.8 Å². The van der Waals surface area contributed by atoms with E-state index < -0.39 is 24.4 Å². The molecule has 4 fully saturated rings. The standard InChI is InChI=1S/C32H46ClF3N4O5S/c1-17-13-23(29-28(37-17)25(16-46-29)31(42)43)22-14-19(33)3-6-27(22)44-12-11-40-18(2)38-26-5-4-20(15-24(26)30(40)41)39-9-7-21(8-10-39)45-32(34,35)36/h17,19-23,25,27-29,37H,3-16H2,1-2H3,(H,42,43)/t17?,19?,20-,22?,23?,25?,27?,28?,29?/m0/s1. The number of fused-ring (bicyclic) bond motifs is 2. The van der Waals surface area contributed by atoms with Gasteiger partial charge in [-0.15, -0.1) is 24.8 Å². The third kappa shape index (κ3) is 7.59. The zero-order chi connectivity index (χ0) is 32.7. The highest BCUT2D eigenvalue weighted by Gasteiger charge is 2.51. The molecule has 5 aliphatic rings. The van der Waals surface area contributed by atoms with E-state index in [2.05, 4.69) is 21.9 Å². The van der Waals surface area contributed by atoms with Crippen molar-refractivity contribution in [3.05, 3.63) is 27.4 Å². The van der Waals surface area contributed by atoms with E-state index in [0.29, 0.717) is 75.0 Å². The summed E-state index contributed by atoms with van der Waals surface area (Å²) in [6, 6.07) is 0.256. The Kier molecular flexibility index (Phi) is 10.7. The van der Waals surface area contributed by atoms with Crippen molar-refractivity contribution in [2.75, 3.05) is 25.4 Å². The molecule has 14 heteroatoms. The predicted octanol–water partition coefficient (Wildman–Crippen LogP) is 4.39. The van der Waals surface area contributed by atoms with Gasteiger partial charge < -0.3 is 15.2 Å². The molecule has 1 aromatic heterocycles. The lowest BCUT2D eigenvalue weighted by molar-refractivity contribution is -0.346. The highest BCUT2D eigenvalue weighted by molar-refractivity contribution is 8.00. The first kappa shape index (κ1) is 34.5. The Hall–Kier alpha value is -1.38. The van der Waals surface area contributed by atoms with Crippen molar-refractivity contribution in [1.29, 1.82) is 0 Å². The summed E-state index contributed by atoms with van der Waals surface area (Å²) in [6.07, 6.45) is 0.734. The topological polar surface area (TPSA) is 106 Å². The van der Waals surface area contributed by atoms with Crippen LogP contribution in [0.15, 0.2) is 4.79 Å². The molecule has 1 aromatic rings. The van der Waals surface area contributed by atoms with E-state index in [1.54, 1.807) is 16.3 Å². The Morgan fingerprint density at radius 1 is 1.15 bits per heavy atom. The lowest BCUT2D eigenvalue weighted by Crippen LogP contribution is -2.57. The minimum absolute atomic E-state index is 0.00865. The number of halogens is 4. The normalized spacial score (nSPS) is 35.9. The molecule has 3 saturated heterocycles. The van der Waals surface area contributed by atoms with Gasteiger partial charge in [0.2, 0.25) is 0 Å². The number of piperidine rings is 2. The van der Waals surface area contributed by atoms with Crippen LogP contribution in [0.25, 0.3) is 0 Å². The Morgan fingerprint density at radius 2 is 1.91 bits per heavy atom. The van der Waals surface area contributed by atoms with E-state index in [1.807, 2.05) is 6.92 Å². The summed E-state index contributed by atoms with van der Waals surface area (Å²) in [6.45, 7) is 5.77. The number of carboxylic acids is 1. The lowest BCUT2D eigenvalue weighted by atomic mass is 9.70. The maximum absolute atomic E-state index is 13.8. The number of nitrogens with one attached hydrogen (secondary N) is 1. The molecule has 3 aliphatic heterocycles. The monoisotopic (exact) mass is 690 g/mol. The Balaban J connectivity index is 1.09. The molecular formula is C32H46ClF3N4O5S. The Labute approximate surface area is 277 Å². The fraction of sp³-hybridized carbons (Fsp3) is 0.844. The number of hydrogen-bond donors (Lipinski definition) is 2. The van der Waals surface area contributed by atoms with Gasteiger partial charge in [-0.1, -0.05) is 0 Å². The number of rotatable bonds is 8. The number of carbonyl (C=O) groups is 1. The van der Waals surface area contributed by atoms with Gasteiger partial charge in [0.25, 0.3) is 5.56 Å². The molecule has 0 radical (unpaired) electrons. The van der Waals surface area contributed by atoms with Gasteiger partial charge in [0, 0.05) is 53.2 Å². The highest BCUT2D eigenvalue weighted by Crippen LogP contribution is 2.48. The zero-order valence-corrected chi connectivity index (χ0v) is 28.1. The first-order valence-electron chi connectivity index (χ1n) is 16.8. The largest absolute Gasteiger partial charge is 0.522 e. The van der Waals surface area contributed by atoms with Crippen molar-refractivity contribution in [3.63, 3.8) is 0 Å². The SMILES string of the molecule is Cc1nc2c(c(=O)n1CCOC1CCC(Cl)CC1C1CC(C)NC3C(C(=O)O)CSC13)C[C@@H](N1CCC(OC(F)(F)F)CC1)CC2. The average molecular weight is 691 g/mol. The molecule has 9 nitrogen and oxygen atoms in total. The maximum Gasteiger partial charge on any atom is 0.522 e. The van der Waals surface area contributed by atoms with Crippen LogP contribution in [-0.4, -0.2) is 98.3 Å². The van der Waals surface area contributed by atoms with E-state index in [-0.39, 0.29) is 46.3 Å². The first-order valence-corrected chi connectivity index (χ1v) is 18.3. The van der Waals surface area contributed by atoms with E-state index in [1.165, 1.54) is 0 Å². The summed E-state index contributed by atoms with van der Waals surface area (Å²) in [5.74, 6) is 0.671. The first-order chi connectivity index (χ1) is 21.9. The van der Waals surface area contributed by atoms with Crippen LogP contribution in [0, 0.1) is 24.7 Å². The number of thioether (sulfide) groups is 1. The van der Waals surface area contributed by atoms with Gasteiger partial charge >= 0.3 is 12.3 Å². The number of nitrogens with zero attached hydrogens (tertiary/aromatic N) is 3. The fourth-order valence-corrected chi connectivity index (χ4v) is 11.0. The minimum atomic E-state index is -4.62. The van der Waals surface area contributed by atoms with Gasteiger partial charge in [0.05, 0.1) is 37.0 Å². The van der Waals surface area contributed by atoms with E-state index >= 15 is 0 Å². The van der Waals surface area contributed by atoms with Crippen molar-refractivity contribution in [2.45, 2.75) is 126 Å².